The van der Waals surface area contributed by atoms with E-state index < -0.39 is 0 Å². The Morgan fingerprint density at radius 1 is 1.28 bits per heavy atom. The minimum atomic E-state index is -0.0505. The molecule has 0 aromatic heterocycles. The molecule has 0 aliphatic carbocycles. The van der Waals surface area contributed by atoms with Crippen molar-refractivity contribution in [1.82, 2.24) is 15.5 Å². The number of likely N-dealkylation sites (tertiary alicyclic amines) is 1. The summed E-state index contributed by atoms with van der Waals surface area (Å²) in [6.45, 7) is 7.16. The van der Waals surface area contributed by atoms with Crippen LogP contribution < -0.4 is 15.4 Å². The minimum Gasteiger partial charge on any atom is -0.497 e. The van der Waals surface area contributed by atoms with Gasteiger partial charge in [0.25, 0.3) is 0 Å². The van der Waals surface area contributed by atoms with Crippen LogP contribution >= 0.6 is 24.0 Å². The number of aliphatic imine (C=N–C) groups is 1. The van der Waals surface area contributed by atoms with Crippen LogP contribution in [0.15, 0.2) is 29.3 Å². The molecule has 0 atom stereocenters. The Balaban J connectivity index is 0.00000312. The van der Waals surface area contributed by atoms with Crippen molar-refractivity contribution in [2.45, 2.75) is 26.8 Å². The second kappa shape index (κ2) is 9.84. The smallest absolute Gasteiger partial charge is 0.239 e. The number of amides is 1. The van der Waals surface area contributed by atoms with E-state index in [0.717, 1.165) is 36.8 Å². The Hall–Kier alpha value is -1.51. The monoisotopic (exact) mass is 460 g/mol. The molecule has 140 valence electrons. The summed E-state index contributed by atoms with van der Waals surface area (Å²) in [4.78, 5) is 18.5. The predicted molar refractivity (Wildman–Crippen MR) is 112 cm³/mol. The molecule has 7 heteroatoms. The van der Waals surface area contributed by atoms with E-state index >= 15 is 0 Å². The number of ether oxygens (including phenoxy) is 1. The van der Waals surface area contributed by atoms with Gasteiger partial charge in [-0.3, -0.25) is 9.79 Å². The third kappa shape index (κ3) is 6.72. The Morgan fingerprint density at radius 2 is 1.96 bits per heavy atom. The zero-order valence-corrected chi connectivity index (χ0v) is 17.8. The van der Waals surface area contributed by atoms with Gasteiger partial charge in [-0.2, -0.15) is 0 Å². The number of methoxy groups -OCH3 is 1. The molecule has 25 heavy (non-hydrogen) atoms. The van der Waals surface area contributed by atoms with Crippen molar-refractivity contribution in [3.05, 3.63) is 29.8 Å². The average molecular weight is 460 g/mol. The summed E-state index contributed by atoms with van der Waals surface area (Å²) in [7, 11) is 3.39. The number of benzene rings is 1. The number of hydrogen-bond donors (Lipinski definition) is 2. The van der Waals surface area contributed by atoms with E-state index in [4.69, 9.17) is 4.74 Å². The molecule has 1 heterocycles. The number of carbonyl (C=O) groups excluding carboxylic acids is 1. The Kier molecular flexibility index (Phi) is 8.47. The first-order valence-electron chi connectivity index (χ1n) is 8.29. The first kappa shape index (κ1) is 21.5. The van der Waals surface area contributed by atoms with Crippen molar-refractivity contribution >= 4 is 35.8 Å². The van der Waals surface area contributed by atoms with Gasteiger partial charge in [0, 0.05) is 26.7 Å². The Bertz CT molecular complexity index is 587. The van der Waals surface area contributed by atoms with E-state index in [1.165, 1.54) is 0 Å². The molecule has 6 nitrogen and oxygen atoms in total. The van der Waals surface area contributed by atoms with E-state index in [1.807, 2.05) is 24.3 Å². The summed E-state index contributed by atoms with van der Waals surface area (Å²) in [5, 5.41) is 6.05. The van der Waals surface area contributed by atoms with Crippen molar-refractivity contribution in [1.29, 1.82) is 0 Å². The summed E-state index contributed by atoms with van der Waals surface area (Å²) in [5.41, 5.74) is 1.34. The molecule has 0 unspecified atom stereocenters. The van der Waals surface area contributed by atoms with E-state index in [2.05, 4.69) is 34.4 Å². The molecule has 0 saturated carbocycles. The molecule has 1 aromatic rings. The Morgan fingerprint density at radius 3 is 2.48 bits per heavy atom. The minimum absolute atomic E-state index is 0. The molecular formula is C18H29IN4O2. The standard InChI is InChI=1S/C18H28N4O2.HI/c1-18(2)9-10-22(13-18)17(19-3)21-12-16(23)20-11-14-5-7-15(24-4)8-6-14;/h5-8H,9-13H2,1-4H3,(H,19,21)(H,20,23);1H. The number of nitrogens with one attached hydrogen (secondary N) is 2. The third-order valence-corrected chi connectivity index (χ3v) is 4.24. The number of halogens is 1. The molecule has 0 spiro atoms. The lowest BCUT2D eigenvalue weighted by Crippen LogP contribution is -2.45. The summed E-state index contributed by atoms with van der Waals surface area (Å²) in [6, 6.07) is 7.66. The van der Waals surface area contributed by atoms with Crippen molar-refractivity contribution in [2.24, 2.45) is 10.4 Å². The normalized spacial score (nSPS) is 16.2. The summed E-state index contributed by atoms with van der Waals surface area (Å²) in [5.74, 6) is 1.55. The van der Waals surface area contributed by atoms with Crippen LogP contribution in [0, 0.1) is 5.41 Å². The maximum absolute atomic E-state index is 12.0. The van der Waals surface area contributed by atoms with Crippen LogP contribution in [0.1, 0.15) is 25.8 Å². The van der Waals surface area contributed by atoms with Gasteiger partial charge in [0.15, 0.2) is 5.96 Å². The summed E-state index contributed by atoms with van der Waals surface area (Å²) < 4.78 is 5.12. The highest BCUT2D eigenvalue weighted by Gasteiger charge is 2.30. The fourth-order valence-corrected chi connectivity index (χ4v) is 2.79. The first-order valence-corrected chi connectivity index (χ1v) is 8.29. The van der Waals surface area contributed by atoms with Crippen molar-refractivity contribution < 1.29 is 9.53 Å². The van der Waals surface area contributed by atoms with Crippen LogP contribution in [0.3, 0.4) is 0 Å². The SMILES string of the molecule is CN=C(NCC(=O)NCc1ccc(OC)cc1)N1CCC(C)(C)C1.I. The first-order chi connectivity index (χ1) is 11.4. The van der Waals surface area contributed by atoms with E-state index in [1.54, 1.807) is 14.2 Å². The molecule has 1 aromatic carbocycles. The van der Waals surface area contributed by atoms with E-state index in [9.17, 15) is 4.79 Å². The van der Waals surface area contributed by atoms with E-state index in [0.29, 0.717) is 12.0 Å². The average Bonchev–Trinajstić information content (AvgIpc) is 2.94. The second-order valence-electron chi connectivity index (χ2n) is 6.86. The number of hydrogen-bond acceptors (Lipinski definition) is 3. The van der Waals surface area contributed by atoms with Gasteiger partial charge in [0.2, 0.25) is 5.91 Å². The zero-order chi connectivity index (χ0) is 17.6. The van der Waals surface area contributed by atoms with Crippen molar-refractivity contribution in [2.75, 3.05) is 33.8 Å². The highest BCUT2D eigenvalue weighted by Crippen LogP contribution is 2.28. The Labute approximate surface area is 167 Å². The lowest BCUT2D eigenvalue weighted by Gasteiger charge is -2.23. The molecular weight excluding hydrogens is 431 g/mol. The summed E-state index contributed by atoms with van der Waals surface area (Å²) in [6.07, 6.45) is 1.14. The molecule has 1 fully saturated rings. The highest BCUT2D eigenvalue weighted by atomic mass is 127. The van der Waals surface area contributed by atoms with Gasteiger partial charge >= 0.3 is 0 Å². The lowest BCUT2D eigenvalue weighted by molar-refractivity contribution is -0.120. The molecule has 1 saturated heterocycles. The maximum atomic E-state index is 12.0. The third-order valence-electron chi connectivity index (χ3n) is 4.24. The fraction of sp³-hybridized carbons (Fsp3) is 0.556. The van der Waals surface area contributed by atoms with Gasteiger partial charge in [-0.1, -0.05) is 26.0 Å². The number of rotatable bonds is 5. The van der Waals surface area contributed by atoms with Crippen LogP contribution in [0.5, 0.6) is 5.75 Å². The van der Waals surface area contributed by atoms with Gasteiger partial charge in [-0.25, -0.2) is 0 Å². The number of carbonyl (C=O) groups is 1. The topological polar surface area (TPSA) is 66.0 Å². The molecule has 0 bridgehead atoms. The van der Waals surface area contributed by atoms with Crippen LogP contribution in [-0.4, -0.2) is 50.6 Å². The largest absolute Gasteiger partial charge is 0.497 e. The molecule has 1 aliphatic rings. The zero-order valence-electron chi connectivity index (χ0n) is 15.5. The van der Waals surface area contributed by atoms with Crippen LogP contribution in [0.25, 0.3) is 0 Å². The van der Waals surface area contributed by atoms with Crippen LogP contribution in [0.2, 0.25) is 0 Å². The van der Waals surface area contributed by atoms with Gasteiger partial charge < -0.3 is 20.3 Å². The number of nitrogens with zero attached hydrogens (tertiary/aromatic N) is 2. The molecule has 1 aliphatic heterocycles. The van der Waals surface area contributed by atoms with Crippen molar-refractivity contribution in [3.63, 3.8) is 0 Å². The quantitative estimate of drug-likeness (QED) is 0.402. The number of guanidine groups is 1. The van der Waals surface area contributed by atoms with Crippen LogP contribution in [0.4, 0.5) is 0 Å². The summed E-state index contributed by atoms with van der Waals surface area (Å²) >= 11 is 0. The van der Waals surface area contributed by atoms with Gasteiger partial charge in [-0.15, -0.1) is 24.0 Å². The predicted octanol–water partition coefficient (Wildman–Crippen LogP) is 2.24. The van der Waals surface area contributed by atoms with Crippen molar-refractivity contribution in [3.8, 4) is 5.75 Å². The molecule has 2 N–H and O–H groups in total. The maximum Gasteiger partial charge on any atom is 0.239 e. The molecule has 2 rings (SSSR count). The van der Waals surface area contributed by atoms with Crippen LogP contribution in [-0.2, 0) is 11.3 Å². The second-order valence-corrected chi connectivity index (χ2v) is 6.86. The molecule has 1 amide bonds. The lowest BCUT2D eigenvalue weighted by atomic mass is 9.93. The van der Waals surface area contributed by atoms with Gasteiger partial charge in [0.1, 0.15) is 5.75 Å². The molecule has 0 radical (unpaired) electrons. The fourth-order valence-electron chi connectivity index (χ4n) is 2.79. The van der Waals surface area contributed by atoms with Gasteiger partial charge in [0.05, 0.1) is 13.7 Å². The van der Waals surface area contributed by atoms with E-state index in [-0.39, 0.29) is 36.4 Å². The highest BCUT2D eigenvalue weighted by molar-refractivity contribution is 14.0. The van der Waals surface area contributed by atoms with Gasteiger partial charge in [-0.05, 0) is 29.5 Å².